The lowest BCUT2D eigenvalue weighted by Crippen LogP contribution is -2.08. The Morgan fingerprint density at radius 3 is 2.70 bits per heavy atom. The molecular weight excluding hydrogens is 344 g/mol. The van der Waals surface area contributed by atoms with E-state index in [4.69, 9.17) is 13.9 Å². The minimum absolute atomic E-state index is 0.0356. The van der Waals surface area contributed by atoms with E-state index in [0.29, 0.717) is 22.5 Å². The maximum Gasteiger partial charge on any atom is 0.338 e. The molecule has 5 nitrogen and oxygen atoms in total. The third-order valence-corrected chi connectivity index (χ3v) is 4.38. The molecule has 0 aliphatic heterocycles. The molecule has 27 heavy (non-hydrogen) atoms. The van der Waals surface area contributed by atoms with Gasteiger partial charge in [0.1, 0.15) is 17.9 Å². The largest absolute Gasteiger partial charge is 0.497 e. The normalized spacial score (nSPS) is 10.9. The smallest absolute Gasteiger partial charge is 0.338 e. The minimum atomic E-state index is -0.490. The number of carbonyl (C=O) groups is 1. The first-order valence-electron chi connectivity index (χ1n) is 8.41. The summed E-state index contributed by atoms with van der Waals surface area (Å²) in [4.78, 5) is 24.3. The highest BCUT2D eigenvalue weighted by Crippen LogP contribution is 2.28. The summed E-state index contributed by atoms with van der Waals surface area (Å²) in [6.45, 7) is -0.0356. The van der Waals surface area contributed by atoms with Crippen molar-refractivity contribution in [1.29, 1.82) is 0 Å². The third-order valence-electron chi connectivity index (χ3n) is 4.38. The van der Waals surface area contributed by atoms with Gasteiger partial charge in [0.25, 0.3) is 0 Å². The monoisotopic (exact) mass is 360 g/mol. The lowest BCUT2D eigenvalue weighted by Gasteiger charge is -2.10. The Labute approximate surface area is 154 Å². The highest BCUT2D eigenvalue weighted by atomic mass is 16.5. The fourth-order valence-electron chi connectivity index (χ4n) is 3.11. The predicted molar refractivity (Wildman–Crippen MR) is 102 cm³/mol. The number of ether oxygens (including phenoxy) is 2. The zero-order chi connectivity index (χ0) is 18.8. The number of hydrogen-bond acceptors (Lipinski definition) is 5. The molecule has 1 heterocycles. The molecule has 3 aromatic carbocycles. The summed E-state index contributed by atoms with van der Waals surface area (Å²) in [5.74, 6) is 0.0803. The van der Waals surface area contributed by atoms with Crippen LogP contribution in [0.5, 0.6) is 5.75 Å². The molecule has 0 bridgehead atoms. The predicted octanol–water partition coefficient (Wildman–Crippen LogP) is 4.31. The SMILES string of the molecule is COc1cccc(C(=O)OCc2cc(=O)oc3ccc4ccccc4c23)c1. The Bertz CT molecular complexity index is 1210. The molecular formula is C22H16O5. The van der Waals surface area contributed by atoms with E-state index in [9.17, 15) is 9.59 Å². The molecule has 0 unspecified atom stereocenters. The Kier molecular flexibility index (Phi) is 4.34. The number of hydrogen-bond donors (Lipinski definition) is 0. The van der Waals surface area contributed by atoms with Gasteiger partial charge in [-0.2, -0.15) is 0 Å². The van der Waals surface area contributed by atoms with E-state index in [0.717, 1.165) is 16.2 Å². The summed E-state index contributed by atoms with van der Waals surface area (Å²) >= 11 is 0. The molecule has 0 radical (unpaired) electrons. The first-order valence-corrected chi connectivity index (χ1v) is 8.41. The zero-order valence-corrected chi connectivity index (χ0v) is 14.6. The fraction of sp³-hybridized carbons (Fsp3) is 0.0909. The van der Waals surface area contributed by atoms with Gasteiger partial charge < -0.3 is 13.9 Å². The van der Waals surface area contributed by atoms with Crippen LogP contribution in [0.2, 0.25) is 0 Å². The summed E-state index contributed by atoms with van der Waals surface area (Å²) < 4.78 is 15.9. The second kappa shape index (κ2) is 6.96. The second-order valence-electron chi connectivity index (χ2n) is 6.06. The van der Waals surface area contributed by atoms with Crippen LogP contribution < -0.4 is 10.4 Å². The second-order valence-corrected chi connectivity index (χ2v) is 6.06. The topological polar surface area (TPSA) is 65.7 Å². The van der Waals surface area contributed by atoms with Gasteiger partial charge in [-0.15, -0.1) is 0 Å². The van der Waals surface area contributed by atoms with Crippen LogP contribution in [0.15, 0.2) is 75.9 Å². The van der Waals surface area contributed by atoms with Crippen LogP contribution >= 0.6 is 0 Å². The number of benzene rings is 3. The maximum absolute atomic E-state index is 12.4. The molecule has 134 valence electrons. The van der Waals surface area contributed by atoms with E-state index in [1.54, 1.807) is 30.3 Å². The van der Waals surface area contributed by atoms with Gasteiger partial charge in [-0.1, -0.05) is 36.4 Å². The summed E-state index contributed by atoms with van der Waals surface area (Å²) in [6.07, 6.45) is 0. The van der Waals surface area contributed by atoms with Crippen molar-refractivity contribution in [2.45, 2.75) is 6.61 Å². The highest BCUT2D eigenvalue weighted by Gasteiger charge is 2.13. The molecule has 1 aromatic heterocycles. The van der Waals surface area contributed by atoms with Crippen LogP contribution in [-0.2, 0) is 11.3 Å². The Morgan fingerprint density at radius 2 is 1.85 bits per heavy atom. The highest BCUT2D eigenvalue weighted by molar-refractivity contribution is 6.07. The molecule has 0 spiro atoms. The molecule has 0 fully saturated rings. The molecule has 0 amide bonds. The van der Waals surface area contributed by atoms with Crippen molar-refractivity contribution in [3.8, 4) is 5.75 Å². The van der Waals surface area contributed by atoms with Crippen LogP contribution in [0, 0.1) is 0 Å². The Hall–Kier alpha value is -3.60. The Balaban J connectivity index is 1.72. The third kappa shape index (κ3) is 3.27. The Morgan fingerprint density at radius 1 is 1.00 bits per heavy atom. The van der Waals surface area contributed by atoms with E-state index in [2.05, 4.69) is 0 Å². The van der Waals surface area contributed by atoms with Crippen LogP contribution in [0.25, 0.3) is 21.7 Å². The van der Waals surface area contributed by atoms with Gasteiger partial charge in [-0.05, 0) is 35.0 Å². The van der Waals surface area contributed by atoms with Crippen molar-refractivity contribution in [3.05, 3.63) is 88.3 Å². The van der Waals surface area contributed by atoms with Crippen LogP contribution in [-0.4, -0.2) is 13.1 Å². The summed E-state index contributed by atoms with van der Waals surface area (Å²) in [5, 5.41) is 2.72. The van der Waals surface area contributed by atoms with Gasteiger partial charge in [0, 0.05) is 17.0 Å². The van der Waals surface area contributed by atoms with Crippen molar-refractivity contribution in [1.82, 2.24) is 0 Å². The summed E-state index contributed by atoms with van der Waals surface area (Å²) in [7, 11) is 1.53. The maximum atomic E-state index is 12.4. The van der Waals surface area contributed by atoms with Crippen molar-refractivity contribution in [2.75, 3.05) is 7.11 Å². The van der Waals surface area contributed by atoms with Crippen molar-refractivity contribution in [3.63, 3.8) is 0 Å². The summed E-state index contributed by atoms with van der Waals surface area (Å²) in [5.41, 5.74) is 0.972. The number of methoxy groups -OCH3 is 1. The van der Waals surface area contributed by atoms with Gasteiger partial charge in [-0.25, -0.2) is 9.59 Å². The van der Waals surface area contributed by atoms with Crippen LogP contribution in [0.1, 0.15) is 15.9 Å². The molecule has 5 heteroatoms. The molecule has 4 aromatic rings. The molecule has 0 atom stereocenters. The number of rotatable bonds is 4. The van der Waals surface area contributed by atoms with E-state index < -0.39 is 11.6 Å². The van der Waals surface area contributed by atoms with Gasteiger partial charge in [0.2, 0.25) is 0 Å². The first-order chi connectivity index (χ1) is 13.2. The van der Waals surface area contributed by atoms with E-state index in [1.807, 2.05) is 30.3 Å². The number of esters is 1. The van der Waals surface area contributed by atoms with Crippen molar-refractivity contribution < 1.29 is 18.7 Å². The minimum Gasteiger partial charge on any atom is -0.497 e. The van der Waals surface area contributed by atoms with E-state index >= 15 is 0 Å². The fourth-order valence-corrected chi connectivity index (χ4v) is 3.11. The molecule has 0 aliphatic carbocycles. The number of fused-ring (bicyclic) bond motifs is 3. The zero-order valence-electron chi connectivity index (χ0n) is 14.6. The standard InChI is InChI=1S/C22H16O5/c1-25-17-7-4-6-15(11-17)22(24)26-13-16-12-20(23)27-19-10-9-14-5-2-3-8-18(14)21(16)19/h2-12H,13H2,1H3. The molecule has 0 saturated heterocycles. The van der Waals surface area contributed by atoms with E-state index in [-0.39, 0.29) is 6.61 Å². The van der Waals surface area contributed by atoms with E-state index in [1.165, 1.54) is 13.2 Å². The lowest BCUT2D eigenvalue weighted by atomic mass is 10.0. The van der Waals surface area contributed by atoms with Crippen molar-refractivity contribution >= 4 is 27.7 Å². The average Bonchev–Trinajstić information content (AvgIpc) is 2.71. The van der Waals surface area contributed by atoms with Gasteiger partial charge in [0.05, 0.1) is 12.7 Å². The van der Waals surface area contributed by atoms with Gasteiger partial charge in [-0.3, -0.25) is 0 Å². The average molecular weight is 360 g/mol. The quantitative estimate of drug-likeness (QED) is 0.308. The molecule has 0 N–H and O–H groups in total. The molecule has 4 rings (SSSR count). The first kappa shape index (κ1) is 16.8. The lowest BCUT2D eigenvalue weighted by molar-refractivity contribution is 0.0473. The number of carbonyl (C=O) groups excluding carboxylic acids is 1. The van der Waals surface area contributed by atoms with Crippen molar-refractivity contribution in [2.24, 2.45) is 0 Å². The molecule has 0 aliphatic rings. The summed E-state index contributed by atoms with van der Waals surface area (Å²) in [6, 6.07) is 19.5. The van der Waals surface area contributed by atoms with Crippen LogP contribution in [0.3, 0.4) is 0 Å². The van der Waals surface area contributed by atoms with Crippen LogP contribution in [0.4, 0.5) is 0 Å². The molecule has 0 saturated carbocycles. The van der Waals surface area contributed by atoms with Gasteiger partial charge in [0.15, 0.2) is 0 Å². The van der Waals surface area contributed by atoms with Gasteiger partial charge >= 0.3 is 11.6 Å².